The number of hydrogen-bond acceptors (Lipinski definition) is 5. The molecule has 4 aromatic carbocycles. The lowest BCUT2D eigenvalue weighted by molar-refractivity contribution is -0.385. The van der Waals surface area contributed by atoms with Gasteiger partial charge in [0, 0.05) is 11.6 Å². The summed E-state index contributed by atoms with van der Waals surface area (Å²) in [4.78, 5) is 22.4. The van der Waals surface area contributed by atoms with Gasteiger partial charge in [-0.2, -0.15) is 18.3 Å². The second-order valence-corrected chi connectivity index (χ2v) is 9.04. The molecule has 0 aromatic heterocycles. The highest BCUT2D eigenvalue weighted by molar-refractivity contribution is 9.10. The fraction of sp³-hybridized carbons (Fsp3) is 0.111. The van der Waals surface area contributed by atoms with Gasteiger partial charge in [0.15, 0.2) is 0 Å². The average molecular weight is 586 g/mol. The molecule has 7 nitrogen and oxygen atoms in total. The normalized spacial score (nSPS) is 11.6. The number of carbonyl (C=O) groups excluding carboxylic acids is 1. The summed E-state index contributed by atoms with van der Waals surface area (Å²) in [5, 5.41) is 17.2. The molecule has 11 heteroatoms. The van der Waals surface area contributed by atoms with Crippen LogP contribution in [-0.4, -0.2) is 17.0 Å². The predicted molar refractivity (Wildman–Crippen MR) is 140 cm³/mol. The number of hydrazone groups is 1. The standard InChI is InChI=1S/C27H19BrF3N3O4/c28-23-12-17(8-11-25(23)38-16-20-6-3-5-18-4-1-2-7-22(18)20)15-32-33-26(35)13-19-9-10-21(27(29,30)31)14-24(19)34(36)37/h1-12,14-15H,13,16H2,(H,33,35). The SMILES string of the molecule is O=C(Cc1ccc(C(F)(F)F)cc1[N+](=O)[O-])NN=Cc1ccc(OCc2cccc3ccccc23)c(Br)c1. The van der Waals surface area contributed by atoms with E-state index in [0.29, 0.717) is 34.5 Å². The molecule has 0 unspecified atom stereocenters. The van der Waals surface area contributed by atoms with E-state index in [0.717, 1.165) is 22.4 Å². The van der Waals surface area contributed by atoms with Crippen LogP contribution in [-0.2, 0) is 24.0 Å². The first-order chi connectivity index (χ1) is 18.1. The molecule has 0 aliphatic carbocycles. The fourth-order valence-electron chi connectivity index (χ4n) is 3.74. The monoisotopic (exact) mass is 585 g/mol. The second kappa shape index (κ2) is 11.4. The van der Waals surface area contributed by atoms with Crippen molar-refractivity contribution in [3.05, 3.63) is 116 Å². The summed E-state index contributed by atoms with van der Waals surface area (Å²) in [7, 11) is 0. The van der Waals surface area contributed by atoms with Crippen LogP contribution in [0.1, 0.15) is 22.3 Å². The molecule has 0 spiro atoms. The first-order valence-corrected chi connectivity index (χ1v) is 12.0. The zero-order valence-corrected chi connectivity index (χ0v) is 21.1. The largest absolute Gasteiger partial charge is 0.488 e. The molecule has 0 radical (unpaired) electrons. The van der Waals surface area contributed by atoms with Gasteiger partial charge < -0.3 is 4.74 Å². The van der Waals surface area contributed by atoms with Crippen LogP contribution in [0.4, 0.5) is 18.9 Å². The van der Waals surface area contributed by atoms with E-state index in [1.807, 2.05) is 42.5 Å². The van der Waals surface area contributed by atoms with Crippen molar-refractivity contribution >= 4 is 44.5 Å². The van der Waals surface area contributed by atoms with Crippen molar-refractivity contribution < 1.29 is 27.6 Å². The molecular weight excluding hydrogens is 567 g/mol. The van der Waals surface area contributed by atoms with Crippen LogP contribution in [0.2, 0.25) is 0 Å². The highest BCUT2D eigenvalue weighted by Crippen LogP contribution is 2.33. The predicted octanol–water partition coefficient (Wildman–Crippen LogP) is 6.80. The molecule has 194 valence electrons. The Morgan fingerprint density at radius 2 is 1.79 bits per heavy atom. The maximum Gasteiger partial charge on any atom is 0.416 e. The Labute approximate surface area is 223 Å². The number of hydrogen-bond donors (Lipinski definition) is 1. The third-order valence-electron chi connectivity index (χ3n) is 5.58. The van der Waals surface area contributed by atoms with Crippen molar-refractivity contribution in [1.29, 1.82) is 0 Å². The van der Waals surface area contributed by atoms with Crippen molar-refractivity contribution in [3.63, 3.8) is 0 Å². The number of nitrogens with zero attached hydrogens (tertiary/aromatic N) is 2. The number of amides is 1. The van der Waals surface area contributed by atoms with Crippen molar-refractivity contribution in [2.75, 3.05) is 0 Å². The van der Waals surface area contributed by atoms with Gasteiger partial charge in [0.2, 0.25) is 5.91 Å². The van der Waals surface area contributed by atoms with Gasteiger partial charge in [0.05, 0.1) is 27.6 Å². The Bertz CT molecular complexity index is 1530. The number of fused-ring (bicyclic) bond motifs is 1. The molecule has 38 heavy (non-hydrogen) atoms. The van der Waals surface area contributed by atoms with Crippen LogP contribution < -0.4 is 10.2 Å². The minimum Gasteiger partial charge on any atom is -0.488 e. The first-order valence-electron chi connectivity index (χ1n) is 11.2. The molecule has 0 saturated heterocycles. The number of benzene rings is 4. The number of nitro groups is 1. The van der Waals surface area contributed by atoms with Gasteiger partial charge in [0.25, 0.3) is 5.69 Å². The summed E-state index contributed by atoms with van der Waals surface area (Å²) < 4.78 is 45.2. The van der Waals surface area contributed by atoms with Crippen molar-refractivity contribution in [1.82, 2.24) is 5.43 Å². The van der Waals surface area contributed by atoms with Gasteiger partial charge in [-0.25, -0.2) is 5.43 Å². The molecule has 1 N–H and O–H groups in total. The number of alkyl halides is 3. The van der Waals surface area contributed by atoms with Crippen LogP contribution in [0, 0.1) is 10.1 Å². The lowest BCUT2D eigenvalue weighted by atomic mass is 10.1. The number of ether oxygens (including phenoxy) is 1. The lowest BCUT2D eigenvalue weighted by Gasteiger charge is -2.11. The van der Waals surface area contributed by atoms with Crippen LogP contribution >= 0.6 is 15.9 Å². The highest BCUT2D eigenvalue weighted by Gasteiger charge is 2.33. The maximum atomic E-state index is 12.9. The average Bonchev–Trinajstić information content (AvgIpc) is 2.87. The van der Waals surface area contributed by atoms with Crippen molar-refractivity contribution in [3.8, 4) is 5.75 Å². The quantitative estimate of drug-likeness (QED) is 0.140. The van der Waals surface area contributed by atoms with Gasteiger partial charge in [0.1, 0.15) is 12.4 Å². The Balaban J connectivity index is 1.37. The van der Waals surface area contributed by atoms with Gasteiger partial charge in [-0.15, -0.1) is 0 Å². The third kappa shape index (κ3) is 6.54. The van der Waals surface area contributed by atoms with Gasteiger partial charge in [-0.3, -0.25) is 14.9 Å². The summed E-state index contributed by atoms with van der Waals surface area (Å²) in [6.07, 6.45) is -3.89. The molecule has 0 atom stereocenters. The summed E-state index contributed by atoms with van der Waals surface area (Å²) in [6.45, 7) is 0.361. The van der Waals surface area contributed by atoms with E-state index < -0.39 is 34.7 Å². The Kier molecular flexibility index (Phi) is 8.06. The molecule has 4 rings (SSSR count). The molecule has 0 aliphatic heterocycles. The maximum absolute atomic E-state index is 12.9. The number of nitrogens with one attached hydrogen (secondary N) is 1. The number of carbonyl (C=O) groups is 1. The van der Waals surface area contributed by atoms with Gasteiger partial charge in [-0.05, 0) is 62.1 Å². The first kappa shape index (κ1) is 26.8. The second-order valence-electron chi connectivity index (χ2n) is 8.19. The Morgan fingerprint density at radius 3 is 2.53 bits per heavy atom. The molecule has 4 aromatic rings. The van der Waals surface area contributed by atoms with Crippen LogP contribution in [0.25, 0.3) is 10.8 Å². The van der Waals surface area contributed by atoms with Crippen LogP contribution in [0.5, 0.6) is 5.75 Å². The summed E-state index contributed by atoms with van der Waals surface area (Å²) in [6, 6.07) is 21.2. The van der Waals surface area contributed by atoms with E-state index in [1.165, 1.54) is 6.21 Å². The van der Waals surface area contributed by atoms with E-state index in [9.17, 15) is 28.1 Å². The fourth-order valence-corrected chi connectivity index (χ4v) is 4.25. The molecule has 0 heterocycles. The molecule has 0 bridgehead atoms. The molecular formula is C27H19BrF3N3O4. The summed E-state index contributed by atoms with van der Waals surface area (Å²) in [5.41, 5.74) is 1.77. The number of halogens is 4. The van der Waals surface area contributed by atoms with Crippen LogP contribution in [0.15, 0.2) is 88.4 Å². The molecule has 1 amide bonds. The summed E-state index contributed by atoms with van der Waals surface area (Å²) in [5.74, 6) is -0.119. The highest BCUT2D eigenvalue weighted by atomic mass is 79.9. The number of nitro benzene ring substituents is 1. The van der Waals surface area contributed by atoms with E-state index in [-0.39, 0.29) is 5.56 Å². The van der Waals surface area contributed by atoms with E-state index in [1.54, 1.807) is 18.2 Å². The zero-order chi connectivity index (χ0) is 27.3. The number of rotatable bonds is 8. The topological polar surface area (TPSA) is 93.8 Å². The van der Waals surface area contributed by atoms with Crippen molar-refractivity contribution in [2.45, 2.75) is 19.2 Å². The minimum absolute atomic E-state index is 0.161. The molecule has 0 fully saturated rings. The molecule has 0 aliphatic rings. The summed E-state index contributed by atoms with van der Waals surface area (Å²) >= 11 is 3.46. The Hall–Kier alpha value is -4.25. The lowest BCUT2D eigenvalue weighted by Crippen LogP contribution is -2.20. The van der Waals surface area contributed by atoms with E-state index >= 15 is 0 Å². The van der Waals surface area contributed by atoms with Crippen LogP contribution in [0.3, 0.4) is 0 Å². The smallest absolute Gasteiger partial charge is 0.416 e. The van der Waals surface area contributed by atoms with Gasteiger partial charge >= 0.3 is 6.18 Å². The Morgan fingerprint density at radius 1 is 1.03 bits per heavy atom. The van der Waals surface area contributed by atoms with E-state index in [4.69, 9.17) is 4.74 Å². The molecule has 0 saturated carbocycles. The third-order valence-corrected chi connectivity index (χ3v) is 6.20. The van der Waals surface area contributed by atoms with Gasteiger partial charge in [-0.1, -0.05) is 48.5 Å². The minimum atomic E-state index is -4.74. The van der Waals surface area contributed by atoms with E-state index in [2.05, 4.69) is 26.5 Å². The zero-order valence-electron chi connectivity index (χ0n) is 19.5. The van der Waals surface area contributed by atoms with Crippen molar-refractivity contribution in [2.24, 2.45) is 5.10 Å².